The Morgan fingerprint density at radius 1 is 1.19 bits per heavy atom. The van der Waals surface area contributed by atoms with Crippen molar-refractivity contribution in [1.29, 1.82) is 0 Å². The number of aliphatic carboxylic acids is 1. The molecule has 1 aliphatic carbocycles. The Bertz CT molecular complexity index is 817. The van der Waals surface area contributed by atoms with E-state index < -0.39 is 21.7 Å². The summed E-state index contributed by atoms with van der Waals surface area (Å²) in [6.45, 7) is 2.57. The summed E-state index contributed by atoms with van der Waals surface area (Å²) < 4.78 is 25.2. The first-order valence-electron chi connectivity index (χ1n) is 9.11. The summed E-state index contributed by atoms with van der Waals surface area (Å²) >= 11 is 0. The number of likely N-dealkylation sites (tertiary alicyclic amines) is 1. The number of hydrogen-bond donors (Lipinski definition) is 1. The summed E-state index contributed by atoms with van der Waals surface area (Å²) in [4.78, 5) is 25.5. The summed E-state index contributed by atoms with van der Waals surface area (Å²) in [6.07, 6.45) is 3.38. The number of piperidine rings is 1. The molecular formula is C19H25NO5S. The number of nitrogens with zero attached hydrogens (tertiary/aromatic N) is 1. The van der Waals surface area contributed by atoms with Gasteiger partial charge in [0.15, 0.2) is 9.84 Å². The Labute approximate surface area is 154 Å². The molecule has 2 aliphatic rings. The van der Waals surface area contributed by atoms with Gasteiger partial charge in [0.25, 0.3) is 0 Å². The second kappa shape index (κ2) is 7.39. The van der Waals surface area contributed by atoms with Crippen molar-refractivity contribution >= 4 is 21.7 Å². The SMILES string of the molecule is CC1CC(C(=O)O)CN(C(=O)CCS(=O)(=O)c2ccc3c(c2)CCC3)C1. The molecule has 1 fully saturated rings. The average molecular weight is 379 g/mol. The number of aryl methyl sites for hydroxylation is 2. The van der Waals surface area contributed by atoms with Crippen LogP contribution < -0.4 is 0 Å². The number of rotatable bonds is 5. The van der Waals surface area contributed by atoms with E-state index in [1.54, 1.807) is 12.1 Å². The number of carbonyl (C=O) groups is 2. The third kappa shape index (κ3) is 4.09. The van der Waals surface area contributed by atoms with Crippen LogP contribution in [0.1, 0.15) is 37.3 Å². The van der Waals surface area contributed by atoms with Crippen molar-refractivity contribution in [3.63, 3.8) is 0 Å². The number of carbonyl (C=O) groups excluding carboxylic acids is 1. The standard InChI is InChI=1S/C19H25NO5S/c1-13-9-16(19(22)23)12-20(11-13)18(21)7-8-26(24,25)17-6-5-14-3-2-4-15(14)10-17/h5-6,10,13,16H,2-4,7-9,11-12H2,1H3,(H,22,23). The van der Waals surface area contributed by atoms with Crippen LogP contribution in [0, 0.1) is 11.8 Å². The predicted molar refractivity (Wildman–Crippen MR) is 96.6 cm³/mol. The molecule has 2 unspecified atom stereocenters. The number of carboxylic acid groups (broad SMARTS) is 1. The van der Waals surface area contributed by atoms with Gasteiger partial charge >= 0.3 is 5.97 Å². The zero-order valence-electron chi connectivity index (χ0n) is 15.0. The van der Waals surface area contributed by atoms with Gasteiger partial charge in [0, 0.05) is 19.5 Å². The summed E-state index contributed by atoms with van der Waals surface area (Å²) in [5.41, 5.74) is 2.30. The molecule has 26 heavy (non-hydrogen) atoms. The Balaban J connectivity index is 1.64. The van der Waals surface area contributed by atoms with Crippen molar-refractivity contribution in [2.75, 3.05) is 18.8 Å². The molecule has 2 atom stereocenters. The molecule has 7 heteroatoms. The van der Waals surface area contributed by atoms with E-state index in [1.165, 1.54) is 10.5 Å². The molecule has 0 aromatic heterocycles. The molecule has 0 bridgehead atoms. The first kappa shape index (κ1) is 18.9. The maximum Gasteiger partial charge on any atom is 0.308 e. The lowest BCUT2D eigenvalue weighted by Crippen LogP contribution is -2.45. The number of amides is 1. The van der Waals surface area contributed by atoms with Crippen LogP contribution >= 0.6 is 0 Å². The molecule has 0 spiro atoms. The Morgan fingerprint density at radius 3 is 2.65 bits per heavy atom. The van der Waals surface area contributed by atoms with Crippen molar-refractivity contribution < 1.29 is 23.1 Å². The lowest BCUT2D eigenvalue weighted by Gasteiger charge is -2.34. The highest BCUT2D eigenvalue weighted by atomic mass is 32.2. The van der Waals surface area contributed by atoms with Crippen molar-refractivity contribution in [2.24, 2.45) is 11.8 Å². The highest BCUT2D eigenvalue weighted by molar-refractivity contribution is 7.91. The first-order valence-corrected chi connectivity index (χ1v) is 10.8. The van der Waals surface area contributed by atoms with Crippen molar-refractivity contribution in [3.8, 4) is 0 Å². The maximum atomic E-state index is 12.6. The van der Waals surface area contributed by atoms with Gasteiger partial charge in [0.1, 0.15) is 0 Å². The zero-order valence-corrected chi connectivity index (χ0v) is 15.8. The largest absolute Gasteiger partial charge is 0.481 e. The molecule has 142 valence electrons. The van der Waals surface area contributed by atoms with Crippen molar-refractivity contribution in [1.82, 2.24) is 4.90 Å². The van der Waals surface area contributed by atoms with E-state index in [9.17, 15) is 23.1 Å². The molecule has 1 aromatic carbocycles. The minimum Gasteiger partial charge on any atom is -0.481 e. The van der Waals surface area contributed by atoms with Gasteiger partial charge in [-0.15, -0.1) is 0 Å². The molecule has 1 heterocycles. The Hall–Kier alpha value is -1.89. The van der Waals surface area contributed by atoms with Crippen LogP contribution in [0.4, 0.5) is 0 Å². The minimum atomic E-state index is -3.52. The van der Waals surface area contributed by atoms with Crippen LogP contribution in [0.5, 0.6) is 0 Å². The molecular weight excluding hydrogens is 354 g/mol. The van der Waals surface area contributed by atoms with Crippen molar-refractivity contribution in [2.45, 2.75) is 43.9 Å². The van der Waals surface area contributed by atoms with E-state index in [0.717, 1.165) is 24.8 Å². The van der Waals surface area contributed by atoms with Crippen LogP contribution in [0.25, 0.3) is 0 Å². The molecule has 6 nitrogen and oxygen atoms in total. The fourth-order valence-electron chi connectivity index (χ4n) is 3.97. The van der Waals surface area contributed by atoms with Gasteiger partial charge in [0.05, 0.1) is 16.6 Å². The topological polar surface area (TPSA) is 91.8 Å². The molecule has 1 amide bonds. The second-order valence-corrected chi connectivity index (χ2v) is 9.64. The minimum absolute atomic E-state index is 0.0992. The van der Waals surface area contributed by atoms with Gasteiger partial charge in [-0.3, -0.25) is 9.59 Å². The highest BCUT2D eigenvalue weighted by Gasteiger charge is 2.32. The van der Waals surface area contributed by atoms with Crippen LogP contribution in [-0.4, -0.2) is 49.1 Å². The van der Waals surface area contributed by atoms with Crippen molar-refractivity contribution in [3.05, 3.63) is 29.3 Å². The zero-order chi connectivity index (χ0) is 18.9. The smallest absolute Gasteiger partial charge is 0.308 e. The quantitative estimate of drug-likeness (QED) is 0.844. The Morgan fingerprint density at radius 2 is 1.92 bits per heavy atom. The van der Waals surface area contributed by atoms with Crippen LogP contribution in [-0.2, 0) is 32.3 Å². The number of sulfone groups is 1. The molecule has 1 N–H and O–H groups in total. The van der Waals surface area contributed by atoms with E-state index in [-0.39, 0.29) is 35.4 Å². The van der Waals surface area contributed by atoms with E-state index in [1.807, 2.05) is 13.0 Å². The second-order valence-electron chi connectivity index (χ2n) is 7.53. The van der Waals surface area contributed by atoms with Crippen LogP contribution in [0.2, 0.25) is 0 Å². The summed E-state index contributed by atoms with van der Waals surface area (Å²) in [5.74, 6) is -1.90. The number of carboxylic acids is 1. The lowest BCUT2D eigenvalue weighted by molar-refractivity contribution is -0.146. The normalized spacial score (nSPS) is 22.9. The van der Waals surface area contributed by atoms with Gasteiger partial charge in [-0.25, -0.2) is 8.42 Å². The highest BCUT2D eigenvalue weighted by Crippen LogP contribution is 2.26. The van der Waals surface area contributed by atoms with Gasteiger partial charge in [-0.2, -0.15) is 0 Å². The van der Waals surface area contributed by atoms with Gasteiger partial charge in [-0.05, 0) is 54.9 Å². The van der Waals surface area contributed by atoms with E-state index >= 15 is 0 Å². The predicted octanol–water partition coefficient (Wildman–Crippen LogP) is 1.91. The molecule has 0 radical (unpaired) electrons. The average Bonchev–Trinajstić information content (AvgIpc) is 3.06. The van der Waals surface area contributed by atoms with Gasteiger partial charge < -0.3 is 10.0 Å². The molecule has 3 rings (SSSR count). The monoisotopic (exact) mass is 379 g/mol. The lowest BCUT2D eigenvalue weighted by atomic mass is 9.90. The molecule has 1 aromatic rings. The molecule has 0 saturated carbocycles. The number of benzene rings is 1. The van der Waals surface area contributed by atoms with E-state index in [4.69, 9.17) is 0 Å². The van der Waals surface area contributed by atoms with Crippen LogP contribution in [0.15, 0.2) is 23.1 Å². The Kier molecular flexibility index (Phi) is 5.37. The summed E-state index contributed by atoms with van der Waals surface area (Å²) in [6, 6.07) is 5.25. The number of fused-ring (bicyclic) bond motifs is 1. The van der Waals surface area contributed by atoms with E-state index in [2.05, 4.69) is 0 Å². The molecule has 1 saturated heterocycles. The first-order chi connectivity index (χ1) is 12.3. The summed E-state index contributed by atoms with van der Waals surface area (Å²) in [5, 5.41) is 9.21. The van der Waals surface area contributed by atoms with Crippen LogP contribution in [0.3, 0.4) is 0 Å². The maximum absolute atomic E-state index is 12.6. The molecule has 1 aliphatic heterocycles. The fourth-order valence-corrected chi connectivity index (χ4v) is 5.25. The van der Waals surface area contributed by atoms with E-state index in [0.29, 0.717) is 13.0 Å². The third-order valence-corrected chi connectivity index (χ3v) is 7.09. The van der Waals surface area contributed by atoms with Gasteiger partial charge in [-0.1, -0.05) is 13.0 Å². The third-order valence-electron chi connectivity index (χ3n) is 5.38. The van der Waals surface area contributed by atoms with Gasteiger partial charge in [0.2, 0.25) is 5.91 Å². The number of hydrogen-bond acceptors (Lipinski definition) is 4. The summed E-state index contributed by atoms with van der Waals surface area (Å²) in [7, 11) is -3.52. The fraction of sp³-hybridized carbons (Fsp3) is 0.579.